The molecule has 1 saturated heterocycles. The topological polar surface area (TPSA) is 97.0 Å². The predicted octanol–water partition coefficient (Wildman–Crippen LogP) is 1.32. The highest BCUT2D eigenvalue weighted by molar-refractivity contribution is 6.07. The van der Waals surface area contributed by atoms with Crippen molar-refractivity contribution in [2.24, 2.45) is 5.92 Å². The minimum Gasteiger partial charge on any atom is -0.454 e. The molecule has 0 aromatic heterocycles. The fourth-order valence-electron chi connectivity index (χ4n) is 2.68. The van der Waals surface area contributed by atoms with Crippen LogP contribution >= 0.6 is 0 Å². The first-order chi connectivity index (χ1) is 11.4. The molecule has 3 rings (SSSR count). The maximum absolute atomic E-state index is 12.2. The van der Waals surface area contributed by atoms with Crippen LogP contribution in [0.4, 0.5) is 10.5 Å². The van der Waals surface area contributed by atoms with E-state index in [0.29, 0.717) is 23.6 Å². The van der Waals surface area contributed by atoms with Gasteiger partial charge in [0, 0.05) is 11.8 Å². The number of carbonyl (C=O) groups excluding carboxylic acids is 3. The van der Waals surface area contributed by atoms with E-state index in [0.717, 1.165) is 4.90 Å². The number of nitrogens with zero attached hydrogens (tertiary/aromatic N) is 1. The van der Waals surface area contributed by atoms with Gasteiger partial charge in [0.1, 0.15) is 12.6 Å². The zero-order valence-corrected chi connectivity index (χ0v) is 13.5. The standard InChI is InChI=1S/C16H19N3O5/c1-9(2)5-11-15(21)19(16(22)18-11)7-14(20)17-10-3-4-12-13(6-10)24-8-23-12/h3-4,6,9,11H,5,7-8H2,1-2H3,(H,17,20)(H,18,22). The summed E-state index contributed by atoms with van der Waals surface area (Å²) < 4.78 is 10.4. The van der Waals surface area contributed by atoms with E-state index in [2.05, 4.69) is 10.6 Å². The van der Waals surface area contributed by atoms with Gasteiger partial charge in [-0.25, -0.2) is 4.79 Å². The molecule has 0 spiro atoms. The lowest BCUT2D eigenvalue weighted by atomic mass is 10.0. The van der Waals surface area contributed by atoms with Crippen LogP contribution in [0, 0.1) is 5.92 Å². The Balaban J connectivity index is 1.60. The van der Waals surface area contributed by atoms with Crippen LogP contribution in [0.25, 0.3) is 0 Å². The van der Waals surface area contributed by atoms with E-state index in [1.54, 1.807) is 18.2 Å². The number of hydrogen-bond donors (Lipinski definition) is 2. The van der Waals surface area contributed by atoms with Gasteiger partial charge in [-0.3, -0.25) is 14.5 Å². The number of fused-ring (bicyclic) bond motifs is 1. The third-order valence-electron chi connectivity index (χ3n) is 3.77. The van der Waals surface area contributed by atoms with Gasteiger partial charge in [0.2, 0.25) is 12.7 Å². The lowest BCUT2D eigenvalue weighted by Crippen LogP contribution is -2.38. The summed E-state index contributed by atoms with van der Waals surface area (Å²) in [5, 5.41) is 5.26. The van der Waals surface area contributed by atoms with Crippen molar-refractivity contribution in [2.75, 3.05) is 18.7 Å². The number of nitrogens with one attached hydrogen (secondary N) is 2. The Hall–Kier alpha value is -2.77. The van der Waals surface area contributed by atoms with E-state index in [4.69, 9.17) is 9.47 Å². The van der Waals surface area contributed by atoms with E-state index in [1.807, 2.05) is 13.8 Å². The summed E-state index contributed by atoms with van der Waals surface area (Å²) in [6.07, 6.45) is 0.546. The number of hydrogen-bond acceptors (Lipinski definition) is 5. The largest absolute Gasteiger partial charge is 0.454 e. The van der Waals surface area contributed by atoms with Crippen molar-refractivity contribution < 1.29 is 23.9 Å². The summed E-state index contributed by atoms with van der Waals surface area (Å²) in [5.74, 6) is 0.595. The van der Waals surface area contributed by atoms with Crippen molar-refractivity contribution >= 4 is 23.5 Å². The van der Waals surface area contributed by atoms with Gasteiger partial charge in [-0.05, 0) is 24.5 Å². The minimum atomic E-state index is -0.559. The summed E-state index contributed by atoms with van der Waals surface area (Å²) in [7, 11) is 0. The Bertz CT molecular complexity index is 688. The van der Waals surface area contributed by atoms with Gasteiger partial charge in [0.25, 0.3) is 5.91 Å². The van der Waals surface area contributed by atoms with Crippen molar-refractivity contribution in [2.45, 2.75) is 26.3 Å². The van der Waals surface area contributed by atoms with Crippen LogP contribution in [0.5, 0.6) is 11.5 Å². The maximum Gasteiger partial charge on any atom is 0.325 e. The molecule has 128 valence electrons. The van der Waals surface area contributed by atoms with Crippen LogP contribution in [-0.2, 0) is 9.59 Å². The van der Waals surface area contributed by atoms with Gasteiger partial charge in [0.05, 0.1) is 0 Å². The Morgan fingerprint density at radius 3 is 2.83 bits per heavy atom. The van der Waals surface area contributed by atoms with Gasteiger partial charge in [0.15, 0.2) is 11.5 Å². The SMILES string of the molecule is CC(C)CC1NC(=O)N(CC(=O)Nc2ccc3c(c2)OCO3)C1=O. The molecular weight excluding hydrogens is 314 g/mol. The van der Waals surface area contributed by atoms with Crippen LogP contribution in [0.15, 0.2) is 18.2 Å². The highest BCUT2D eigenvalue weighted by Gasteiger charge is 2.39. The third kappa shape index (κ3) is 3.27. The zero-order valence-electron chi connectivity index (χ0n) is 13.5. The predicted molar refractivity (Wildman–Crippen MR) is 84.7 cm³/mol. The first-order valence-corrected chi connectivity index (χ1v) is 7.75. The molecule has 0 radical (unpaired) electrons. The third-order valence-corrected chi connectivity index (χ3v) is 3.77. The van der Waals surface area contributed by atoms with Crippen LogP contribution in [0.1, 0.15) is 20.3 Å². The molecule has 0 saturated carbocycles. The molecule has 8 nitrogen and oxygen atoms in total. The number of imide groups is 1. The van der Waals surface area contributed by atoms with Crippen LogP contribution in [0.3, 0.4) is 0 Å². The van der Waals surface area contributed by atoms with Crippen LogP contribution in [-0.4, -0.2) is 42.1 Å². The van der Waals surface area contributed by atoms with Gasteiger partial charge in [-0.1, -0.05) is 13.8 Å². The summed E-state index contributed by atoms with van der Waals surface area (Å²) >= 11 is 0. The monoisotopic (exact) mass is 333 g/mol. The number of benzene rings is 1. The molecule has 24 heavy (non-hydrogen) atoms. The average molecular weight is 333 g/mol. The van der Waals surface area contributed by atoms with Crippen molar-refractivity contribution in [1.82, 2.24) is 10.2 Å². The molecule has 1 fully saturated rings. The Morgan fingerprint density at radius 1 is 1.33 bits per heavy atom. The van der Waals surface area contributed by atoms with E-state index in [-0.39, 0.29) is 25.2 Å². The molecule has 1 unspecified atom stereocenters. The van der Waals surface area contributed by atoms with Gasteiger partial charge >= 0.3 is 6.03 Å². The van der Waals surface area contributed by atoms with Gasteiger partial charge in [-0.15, -0.1) is 0 Å². The highest BCUT2D eigenvalue weighted by atomic mass is 16.7. The quantitative estimate of drug-likeness (QED) is 0.792. The summed E-state index contributed by atoms with van der Waals surface area (Å²) in [6, 6.07) is 3.89. The fourth-order valence-corrected chi connectivity index (χ4v) is 2.68. The Labute approximate surface area is 139 Å². The average Bonchev–Trinajstić information content (AvgIpc) is 3.07. The number of carbonyl (C=O) groups is 3. The van der Waals surface area contributed by atoms with E-state index >= 15 is 0 Å². The number of rotatable bonds is 5. The van der Waals surface area contributed by atoms with Gasteiger partial charge < -0.3 is 20.1 Å². The highest BCUT2D eigenvalue weighted by Crippen LogP contribution is 2.34. The molecule has 1 aromatic carbocycles. The van der Waals surface area contributed by atoms with Crippen LogP contribution < -0.4 is 20.1 Å². The summed E-state index contributed by atoms with van der Waals surface area (Å²) in [6.45, 7) is 3.75. The second-order valence-corrected chi connectivity index (χ2v) is 6.17. The zero-order chi connectivity index (χ0) is 17.3. The molecule has 4 amide bonds. The van der Waals surface area contributed by atoms with Crippen LogP contribution in [0.2, 0.25) is 0 Å². The molecule has 0 bridgehead atoms. The number of amides is 4. The molecule has 2 aliphatic heterocycles. The second kappa shape index (κ2) is 6.38. The van der Waals surface area contributed by atoms with Crippen molar-refractivity contribution in [3.8, 4) is 11.5 Å². The lowest BCUT2D eigenvalue weighted by molar-refractivity contribution is -0.131. The molecule has 2 heterocycles. The van der Waals surface area contributed by atoms with E-state index < -0.39 is 18.0 Å². The van der Waals surface area contributed by atoms with Crippen molar-refractivity contribution in [3.05, 3.63) is 18.2 Å². The Kier molecular flexibility index (Phi) is 4.28. The first-order valence-electron chi connectivity index (χ1n) is 7.75. The van der Waals surface area contributed by atoms with E-state index in [1.165, 1.54) is 0 Å². The first kappa shape index (κ1) is 16.1. The van der Waals surface area contributed by atoms with E-state index in [9.17, 15) is 14.4 Å². The molecule has 2 aliphatic rings. The second-order valence-electron chi connectivity index (χ2n) is 6.17. The van der Waals surface area contributed by atoms with Crippen molar-refractivity contribution in [3.63, 3.8) is 0 Å². The number of ether oxygens (including phenoxy) is 2. The molecule has 2 N–H and O–H groups in total. The fraction of sp³-hybridized carbons (Fsp3) is 0.438. The molecule has 1 aromatic rings. The normalized spacial score (nSPS) is 19.0. The number of anilines is 1. The Morgan fingerprint density at radius 2 is 2.08 bits per heavy atom. The maximum atomic E-state index is 12.2. The smallest absolute Gasteiger partial charge is 0.325 e. The summed E-state index contributed by atoms with van der Waals surface area (Å²) in [5.41, 5.74) is 0.509. The minimum absolute atomic E-state index is 0.145. The molecule has 8 heteroatoms. The van der Waals surface area contributed by atoms with Crippen molar-refractivity contribution in [1.29, 1.82) is 0 Å². The molecule has 1 atom stereocenters. The molecule has 0 aliphatic carbocycles. The summed E-state index contributed by atoms with van der Waals surface area (Å²) in [4.78, 5) is 37.2. The molecular formula is C16H19N3O5. The number of urea groups is 1. The van der Waals surface area contributed by atoms with Gasteiger partial charge in [-0.2, -0.15) is 0 Å². The lowest BCUT2D eigenvalue weighted by Gasteiger charge is -2.14.